The molecule has 2 aromatic rings. The largest absolute Gasteiger partial charge is 0.514 e. The predicted octanol–water partition coefficient (Wildman–Crippen LogP) is 4.45. The van der Waals surface area contributed by atoms with Gasteiger partial charge >= 0.3 is 6.09 Å². The van der Waals surface area contributed by atoms with Crippen molar-refractivity contribution in [1.82, 2.24) is 9.97 Å². The summed E-state index contributed by atoms with van der Waals surface area (Å²) in [6, 6.07) is 5.74. The molecule has 0 radical (unpaired) electrons. The summed E-state index contributed by atoms with van der Waals surface area (Å²) in [7, 11) is 0. The van der Waals surface area contributed by atoms with Gasteiger partial charge in [0.15, 0.2) is 11.9 Å². The lowest BCUT2D eigenvalue weighted by Gasteiger charge is -2.44. The summed E-state index contributed by atoms with van der Waals surface area (Å²) >= 11 is 3.46. The zero-order valence-corrected chi connectivity index (χ0v) is 14.6. The number of imidazole rings is 1. The van der Waals surface area contributed by atoms with Gasteiger partial charge in [-0.15, -0.1) is 0 Å². The number of nitrogens with one attached hydrogen (secondary N) is 1. The van der Waals surface area contributed by atoms with Crippen molar-refractivity contribution >= 4 is 33.1 Å². The fraction of sp³-hybridized carbons (Fsp3) is 0.500. The molecule has 118 valence electrons. The quantitative estimate of drug-likeness (QED) is 0.732. The van der Waals surface area contributed by atoms with Gasteiger partial charge in [-0.3, -0.25) is 0 Å². The number of amides is 1. The fourth-order valence-electron chi connectivity index (χ4n) is 3.73. The van der Waals surface area contributed by atoms with Crippen LogP contribution in [-0.2, 0) is 0 Å². The van der Waals surface area contributed by atoms with Gasteiger partial charge in [-0.2, -0.15) is 4.79 Å². The van der Waals surface area contributed by atoms with E-state index in [4.69, 9.17) is 0 Å². The number of H-pyrrole nitrogens is 1. The Balaban J connectivity index is 2.13. The van der Waals surface area contributed by atoms with Gasteiger partial charge in [-0.05, 0) is 39.0 Å². The normalized spacial score (nSPS) is 25.7. The maximum atomic E-state index is 12.1. The lowest BCUT2D eigenvalue weighted by Crippen LogP contribution is -2.62. The first-order valence-corrected chi connectivity index (χ1v) is 8.31. The number of nitrogens with zero attached hydrogens (tertiary/aromatic N) is 2. The molecule has 2 atom stereocenters. The number of aromatic amines is 1. The molecule has 1 aromatic heterocycles. The Kier molecular flexibility index (Phi) is 3.57. The molecule has 1 fully saturated rings. The van der Waals surface area contributed by atoms with Crippen LogP contribution in [0.1, 0.15) is 45.5 Å². The summed E-state index contributed by atoms with van der Waals surface area (Å²) in [5, 5.41) is 9.97. The number of carbonyl (C=O) groups is 1. The van der Waals surface area contributed by atoms with Crippen molar-refractivity contribution in [2.45, 2.75) is 45.2 Å². The van der Waals surface area contributed by atoms with E-state index < -0.39 is 6.09 Å². The Morgan fingerprint density at radius 3 is 2.82 bits per heavy atom. The number of quaternary nitrogens is 1. The smallest absolute Gasteiger partial charge is 0.435 e. The molecule has 0 aliphatic carbocycles. The van der Waals surface area contributed by atoms with E-state index in [-0.39, 0.29) is 16.1 Å². The van der Waals surface area contributed by atoms with Crippen molar-refractivity contribution in [2.75, 3.05) is 6.54 Å². The Hall–Kier alpha value is -1.40. The zero-order chi connectivity index (χ0) is 16.1. The van der Waals surface area contributed by atoms with Crippen molar-refractivity contribution < 1.29 is 14.4 Å². The van der Waals surface area contributed by atoms with Crippen LogP contribution in [0.4, 0.5) is 4.79 Å². The lowest BCUT2D eigenvalue weighted by molar-refractivity contribution is -0.920. The van der Waals surface area contributed by atoms with Crippen LogP contribution in [0.25, 0.3) is 11.0 Å². The molecular formula is C16H21BrN3O2+. The van der Waals surface area contributed by atoms with Gasteiger partial charge in [0.05, 0.1) is 17.6 Å². The maximum Gasteiger partial charge on any atom is 0.514 e. The highest BCUT2D eigenvalue weighted by atomic mass is 79.9. The summed E-state index contributed by atoms with van der Waals surface area (Å²) in [6.07, 6.45) is 0.969. The maximum absolute atomic E-state index is 12.1. The second-order valence-electron chi connectivity index (χ2n) is 6.99. The van der Waals surface area contributed by atoms with Gasteiger partial charge < -0.3 is 10.1 Å². The molecule has 22 heavy (non-hydrogen) atoms. The molecule has 2 N–H and O–H groups in total. The highest BCUT2D eigenvalue weighted by Crippen LogP contribution is 2.45. The fourth-order valence-corrected chi connectivity index (χ4v) is 4.10. The Bertz CT molecular complexity index is 735. The number of aromatic nitrogens is 2. The van der Waals surface area contributed by atoms with Crippen LogP contribution in [0.15, 0.2) is 22.7 Å². The van der Waals surface area contributed by atoms with Crippen LogP contribution in [0.3, 0.4) is 0 Å². The number of benzene rings is 1. The minimum absolute atomic E-state index is 0.0357. The van der Waals surface area contributed by atoms with Crippen molar-refractivity contribution in [3.63, 3.8) is 0 Å². The molecule has 3 rings (SSSR count). The minimum Gasteiger partial charge on any atom is -0.435 e. The molecule has 0 bridgehead atoms. The van der Waals surface area contributed by atoms with Crippen LogP contribution in [0.5, 0.6) is 0 Å². The van der Waals surface area contributed by atoms with E-state index in [1.54, 1.807) is 0 Å². The predicted molar refractivity (Wildman–Crippen MR) is 88.7 cm³/mol. The topological polar surface area (TPSA) is 66.0 Å². The monoisotopic (exact) mass is 366 g/mol. The summed E-state index contributed by atoms with van der Waals surface area (Å²) < 4.78 is 1.02. The van der Waals surface area contributed by atoms with E-state index in [2.05, 4.69) is 25.9 Å². The van der Waals surface area contributed by atoms with Gasteiger partial charge in [0, 0.05) is 17.3 Å². The van der Waals surface area contributed by atoms with Crippen LogP contribution in [-0.4, -0.2) is 37.7 Å². The molecule has 5 nitrogen and oxygen atoms in total. The van der Waals surface area contributed by atoms with Gasteiger partial charge in [-0.25, -0.2) is 9.47 Å². The summed E-state index contributed by atoms with van der Waals surface area (Å²) in [4.78, 5) is 20.2. The molecule has 1 aromatic carbocycles. The summed E-state index contributed by atoms with van der Waals surface area (Å²) in [5.74, 6) is 0.780. The average Bonchev–Trinajstić information content (AvgIpc) is 3.00. The van der Waals surface area contributed by atoms with Crippen molar-refractivity contribution in [3.05, 3.63) is 28.5 Å². The number of rotatable bonds is 1. The third-order valence-corrected chi connectivity index (χ3v) is 5.33. The number of hydrogen-bond donors (Lipinski definition) is 2. The van der Waals surface area contributed by atoms with E-state index in [9.17, 15) is 9.90 Å². The van der Waals surface area contributed by atoms with Crippen molar-refractivity contribution in [1.29, 1.82) is 0 Å². The Morgan fingerprint density at radius 2 is 2.18 bits per heavy atom. The number of carboxylic acid groups (broad SMARTS) is 1. The molecule has 0 spiro atoms. The van der Waals surface area contributed by atoms with E-state index in [1.807, 2.05) is 39.0 Å². The second kappa shape index (κ2) is 5.06. The first kappa shape index (κ1) is 15.5. The Labute approximate surface area is 138 Å². The highest BCUT2D eigenvalue weighted by Gasteiger charge is 2.57. The SMILES string of the molecule is CC(C)(C)[N+]1(C(=O)O)CCC[C@H]1c1nc2ccc(Br)cc2[nH]1. The van der Waals surface area contributed by atoms with Crippen LogP contribution < -0.4 is 0 Å². The molecule has 0 saturated carbocycles. The van der Waals surface area contributed by atoms with Gasteiger partial charge in [-0.1, -0.05) is 15.9 Å². The van der Waals surface area contributed by atoms with Crippen molar-refractivity contribution in [2.24, 2.45) is 0 Å². The van der Waals surface area contributed by atoms with Gasteiger partial charge in [0.25, 0.3) is 0 Å². The molecule has 6 heteroatoms. The van der Waals surface area contributed by atoms with Crippen LogP contribution in [0.2, 0.25) is 0 Å². The van der Waals surface area contributed by atoms with Crippen LogP contribution in [0, 0.1) is 0 Å². The standard InChI is InChI=1S/C16H20BrN3O2/c1-16(2,3)20(15(21)22)8-4-5-13(20)14-18-11-7-6-10(17)9-12(11)19-14/h6-7,9,13H,4-5,8H2,1-3H3,(H-,18,19,21,22)/p+1/t13-,20?/m0/s1. The molecule has 2 heterocycles. The third-order valence-electron chi connectivity index (χ3n) is 4.84. The first-order valence-electron chi connectivity index (χ1n) is 7.52. The molecule has 1 saturated heterocycles. The van der Waals surface area contributed by atoms with Gasteiger partial charge in [0.2, 0.25) is 0 Å². The molecule has 1 aliphatic rings. The van der Waals surface area contributed by atoms with Crippen LogP contribution >= 0.6 is 15.9 Å². The van der Waals surface area contributed by atoms with E-state index in [0.29, 0.717) is 6.54 Å². The summed E-state index contributed by atoms with van der Waals surface area (Å²) in [5.41, 5.74) is 1.43. The minimum atomic E-state index is -0.767. The van der Waals surface area contributed by atoms with Gasteiger partial charge in [0.1, 0.15) is 5.54 Å². The Morgan fingerprint density at radius 1 is 1.45 bits per heavy atom. The van der Waals surface area contributed by atoms with Crippen molar-refractivity contribution in [3.8, 4) is 0 Å². The third kappa shape index (κ3) is 2.16. The number of halogens is 1. The summed E-state index contributed by atoms with van der Waals surface area (Å²) in [6.45, 7) is 6.64. The van der Waals surface area contributed by atoms with E-state index in [1.165, 1.54) is 0 Å². The van der Waals surface area contributed by atoms with E-state index >= 15 is 0 Å². The highest BCUT2D eigenvalue weighted by molar-refractivity contribution is 9.10. The first-order chi connectivity index (χ1) is 10.3. The number of fused-ring (bicyclic) bond motifs is 1. The average molecular weight is 367 g/mol. The van der Waals surface area contributed by atoms with E-state index in [0.717, 1.165) is 34.2 Å². The number of likely N-dealkylation sites (tertiary alicyclic amines) is 1. The zero-order valence-electron chi connectivity index (χ0n) is 13.1. The number of hydrogen-bond acceptors (Lipinski definition) is 2. The molecule has 1 amide bonds. The lowest BCUT2D eigenvalue weighted by atomic mass is 9.99. The molecular weight excluding hydrogens is 346 g/mol. The second-order valence-corrected chi connectivity index (χ2v) is 7.90. The molecule has 1 aliphatic heterocycles. The molecule has 1 unspecified atom stereocenters.